The van der Waals surface area contributed by atoms with Crippen LogP contribution in [0.2, 0.25) is 0 Å². The van der Waals surface area contributed by atoms with Gasteiger partial charge in [0, 0.05) is 34.4 Å². The zero-order chi connectivity index (χ0) is 39.3. The fourth-order valence-corrected chi connectivity index (χ4v) is 8.07. The van der Waals surface area contributed by atoms with Crippen molar-refractivity contribution in [3.8, 4) is 28.3 Å². The number of aryl methyl sites for hydroxylation is 1. The van der Waals surface area contributed by atoms with Gasteiger partial charge in [0.2, 0.25) is 0 Å². The third-order valence-corrected chi connectivity index (χ3v) is 11.0. The number of aliphatic imine (C=N–C) groups is 1. The predicted octanol–water partition coefficient (Wildman–Crippen LogP) is 12.6. The Bertz CT molecular complexity index is 2730. The van der Waals surface area contributed by atoms with Crippen LogP contribution in [0, 0.1) is 19.1 Å². The van der Waals surface area contributed by atoms with E-state index in [1.807, 2.05) is 36.5 Å². The van der Waals surface area contributed by atoms with Gasteiger partial charge in [0.25, 0.3) is 0 Å². The van der Waals surface area contributed by atoms with E-state index in [-0.39, 0.29) is 38.4 Å². The minimum absolute atomic E-state index is 0. The molecule has 0 spiro atoms. The molecule has 0 N–H and O–H groups in total. The van der Waals surface area contributed by atoms with Crippen LogP contribution in [0.15, 0.2) is 157 Å². The van der Waals surface area contributed by atoms with Crippen LogP contribution >= 0.6 is 0 Å². The maximum Gasteiger partial charge on any atom is 2.00 e. The molecule has 290 valence electrons. The molecule has 1 atom stereocenters. The average molecular weight is 939 g/mol. The molecule has 3 heterocycles. The second-order valence-electron chi connectivity index (χ2n) is 16.6. The van der Waals surface area contributed by atoms with Crippen molar-refractivity contribution in [2.24, 2.45) is 4.99 Å². The summed E-state index contributed by atoms with van der Waals surface area (Å²) in [6.45, 7) is 13.0. The van der Waals surface area contributed by atoms with Crippen LogP contribution in [0.25, 0.3) is 38.8 Å². The van der Waals surface area contributed by atoms with Crippen molar-refractivity contribution in [1.29, 1.82) is 0 Å². The predicted molar refractivity (Wildman–Crippen MR) is 232 cm³/mol. The Morgan fingerprint density at radius 3 is 2.03 bits per heavy atom. The van der Waals surface area contributed by atoms with Crippen molar-refractivity contribution in [1.82, 2.24) is 9.55 Å². The summed E-state index contributed by atoms with van der Waals surface area (Å²) < 4.78 is 15.9. The Morgan fingerprint density at radius 2 is 1.36 bits per heavy atom. The van der Waals surface area contributed by atoms with E-state index in [0.29, 0.717) is 17.4 Å². The molecular formula is C52H45N3O2Pt. The fraction of sp³-hybridized carbons (Fsp3) is 0.192. The van der Waals surface area contributed by atoms with E-state index in [1.54, 1.807) is 0 Å². The Kier molecular flexibility index (Phi) is 10.5. The summed E-state index contributed by atoms with van der Waals surface area (Å²) in [5.74, 6) is 1.67. The van der Waals surface area contributed by atoms with Gasteiger partial charge in [-0.05, 0) is 67.1 Å². The van der Waals surface area contributed by atoms with E-state index >= 15 is 0 Å². The van der Waals surface area contributed by atoms with Gasteiger partial charge in [-0.1, -0.05) is 152 Å². The molecule has 2 aromatic heterocycles. The van der Waals surface area contributed by atoms with Crippen molar-refractivity contribution in [2.75, 3.05) is 0 Å². The minimum atomic E-state index is -0.609. The number of aromatic nitrogens is 2. The van der Waals surface area contributed by atoms with Crippen LogP contribution in [0.1, 0.15) is 68.4 Å². The van der Waals surface area contributed by atoms with Gasteiger partial charge in [-0.15, -0.1) is 29.8 Å². The van der Waals surface area contributed by atoms with Crippen molar-refractivity contribution < 1.29 is 30.5 Å². The van der Waals surface area contributed by atoms with E-state index in [1.165, 1.54) is 16.7 Å². The molecule has 0 saturated carbocycles. The maximum atomic E-state index is 6.87. The van der Waals surface area contributed by atoms with Gasteiger partial charge in [0.15, 0.2) is 0 Å². The van der Waals surface area contributed by atoms with Crippen LogP contribution in [0.4, 0.5) is 0 Å². The second kappa shape index (κ2) is 15.5. The third-order valence-electron chi connectivity index (χ3n) is 11.0. The summed E-state index contributed by atoms with van der Waals surface area (Å²) in [6.07, 6.45) is 1.85. The molecule has 6 aromatic carbocycles. The molecule has 1 aliphatic rings. The third kappa shape index (κ3) is 7.52. The Balaban J connectivity index is 0.00000469. The monoisotopic (exact) mass is 938 g/mol. The largest absolute Gasteiger partial charge is 2.00 e. The summed E-state index contributed by atoms with van der Waals surface area (Å²) in [5, 5.41) is 2.26. The number of benzene rings is 6. The van der Waals surface area contributed by atoms with Crippen molar-refractivity contribution in [3.05, 3.63) is 192 Å². The zero-order valence-corrected chi connectivity index (χ0v) is 35.8. The summed E-state index contributed by atoms with van der Waals surface area (Å²) in [5.41, 5.74) is 9.49. The van der Waals surface area contributed by atoms with Crippen molar-refractivity contribution >= 4 is 27.8 Å². The van der Waals surface area contributed by atoms with Gasteiger partial charge < -0.3 is 14.0 Å². The Hall–Kier alpha value is -5.77. The molecule has 0 radical (unpaired) electrons. The summed E-state index contributed by atoms with van der Waals surface area (Å²) in [7, 11) is 0. The molecule has 58 heavy (non-hydrogen) atoms. The summed E-state index contributed by atoms with van der Waals surface area (Å²) >= 11 is 0. The number of ether oxygens (including phenoxy) is 2. The first-order valence-corrected chi connectivity index (χ1v) is 19.6. The van der Waals surface area contributed by atoms with Crippen LogP contribution in [0.3, 0.4) is 0 Å². The molecule has 6 heteroatoms. The van der Waals surface area contributed by atoms with Gasteiger partial charge in [0.05, 0.1) is 11.6 Å². The SMILES string of the molecule is Cc1ccc2c(c1)c1cccnc1n2-c1[c-]c(Oc2[c-]c(C3=N[C@H](C(c4ccccc4)c4ccccc4)C(C)(C)O3)cc(-c3ccccc3)c2)cc(C(C)(C)C)c1.[Pt+2]. The van der Waals surface area contributed by atoms with Crippen LogP contribution in [-0.4, -0.2) is 27.1 Å². The number of rotatable bonds is 8. The topological polar surface area (TPSA) is 48.6 Å². The summed E-state index contributed by atoms with van der Waals surface area (Å²) in [6, 6.07) is 57.7. The number of hydrogen-bond donors (Lipinski definition) is 0. The molecule has 0 amide bonds. The molecule has 0 bridgehead atoms. The van der Waals surface area contributed by atoms with Gasteiger partial charge >= 0.3 is 21.1 Å². The summed E-state index contributed by atoms with van der Waals surface area (Å²) in [4.78, 5) is 10.3. The molecule has 9 rings (SSSR count). The van der Waals surface area contributed by atoms with Gasteiger partial charge in [-0.2, -0.15) is 0 Å². The first-order valence-electron chi connectivity index (χ1n) is 19.6. The number of hydrogen-bond acceptors (Lipinski definition) is 4. The molecule has 0 saturated heterocycles. The van der Waals surface area contributed by atoms with E-state index in [4.69, 9.17) is 19.5 Å². The number of pyridine rings is 1. The van der Waals surface area contributed by atoms with Crippen LogP contribution in [0.5, 0.6) is 11.5 Å². The van der Waals surface area contributed by atoms with E-state index < -0.39 is 5.60 Å². The van der Waals surface area contributed by atoms with Crippen LogP contribution < -0.4 is 4.74 Å². The smallest absolute Gasteiger partial charge is 0.512 e. The van der Waals surface area contributed by atoms with Gasteiger partial charge in [0.1, 0.15) is 17.1 Å². The van der Waals surface area contributed by atoms with E-state index in [9.17, 15) is 0 Å². The molecule has 0 unspecified atom stereocenters. The quantitative estimate of drug-likeness (QED) is 0.143. The van der Waals surface area contributed by atoms with Crippen molar-refractivity contribution in [2.45, 2.75) is 64.5 Å². The molecule has 1 aliphatic heterocycles. The second-order valence-corrected chi connectivity index (χ2v) is 16.6. The molecule has 5 nitrogen and oxygen atoms in total. The van der Waals surface area contributed by atoms with E-state index in [2.05, 4.69) is 174 Å². The first-order chi connectivity index (χ1) is 27.5. The van der Waals surface area contributed by atoms with Crippen molar-refractivity contribution in [3.63, 3.8) is 0 Å². The molecular weight excluding hydrogens is 894 g/mol. The number of nitrogens with zero attached hydrogens (tertiary/aromatic N) is 3. The van der Waals surface area contributed by atoms with Gasteiger partial charge in [-0.25, -0.2) is 4.98 Å². The Labute approximate surface area is 355 Å². The van der Waals surface area contributed by atoms with Gasteiger partial charge in [-0.3, -0.25) is 4.99 Å². The van der Waals surface area contributed by atoms with E-state index in [0.717, 1.165) is 49.9 Å². The molecule has 8 aromatic rings. The minimum Gasteiger partial charge on any atom is -0.512 e. The normalized spacial score (nSPS) is 14.9. The number of fused-ring (bicyclic) bond motifs is 3. The Morgan fingerprint density at radius 1 is 0.707 bits per heavy atom. The standard InChI is InChI=1S/C52H45N3O2.Pt/c1-34-24-25-46-45(27-34)44-23-16-26-53-49(44)55(46)41-31-40(51(2,3)4)32-43(33-41)56-42-29-38(35-17-10-7-11-18-35)28-39(30-42)50-54-48(52(5,6)57-50)47(36-19-12-8-13-20-36)37-21-14-9-15-22-37;/h7-29,31-32,47-48H,1-6H3;/q-2;+2/t48-;/m1./s1. The molecule has 0 aliphatic carbocycles. The average Bonchev–Trinajstić information content (AvgIpc) is 3.71. The fourth-order valence-electron chi connectivity index (χ4n) is 8.07. The maximum absolute atomic E-state index is 6.87. The molecule has 0 fully saturated rings. The van der Waals surface area contributed by atoms with Crippen LogP contribution in [-0.2, 0) is 31.2 Å². The zero-order valence-electron chi connectivity index (χ0n) is 33.6. The first kappa shape index (κ1) is 39.1.